The van der Waals surface area contributed by atoms with Gasteiger partial charge >= 0.3 is 0 Å². The van der Waals surface area contributed by atoms with Gasteiger partial charge in [-0.2, -0.15) is 0 Å². The summed E-state index contributed by atoms with van der Waals surface area (Å²) >= 11 is 2.21. The van der Waals surface area contributed by atoms with Gasteiger partial charge in [0.2, 0.25) is 5.91 Å². The highest BCUT2D eigenvalue weighted by atomic mass is 127. The van der Waals surface area contributed by atoms with Crippen molar-refractivity contribution in [1.29, 1.82) is 0 Å². The molecule has 0 radical (unpaired) electrons. The highest BCUT2D eigenvalue weighted by Crippen LogP contribution is 2.22. The smallest absolute Gasteiger partial charge is 0.290 e. The van der Waals surface area contributed by atoms with Crippen LogP contribution >= 0.6 is 22.6 Å². The first kappa shape index (κ1) is 15.1. The number of rotatable bonds is 3. The van der Waals surface area contributed by atoms with E-state index in [0.29, 0.717) is 13.0 Å². The predicted octanol–water partition coefficient (Wildman–Crippen LogP) is 3.13. The van der Waals surface area contributed by atoms with Crippen molar-refractivity contribution in [2.75, 3.05) is 11.9 Å². The van der Waals surface area contributed by atoms with Crippen molar-refractivity contribution in [3.05, 3.63) is 52.0 Å². The van der Waals surface area contributed by atoms with Crippen LogP contribution < -0.4 is 5.32 Å². The SMILES string of the molecule is O=C(Nc1ccc(I)cc1)[C@H]1CCCN1C(=O)c1ccco1. The Balaban J connectivity index is 1.71. The van der Waals surface area contributed by atoms with Crippen LogP contribution in [0.15, 0.2) is 47.1 Å². The van der Waals surface area contributed by atoms with Crippen LogP contribution in [0.2, 0.25) is 0 Å². The second-order valence-electron chi connectivity index (χ2n) is 5.13. The van der Waals surface area contributed by atoms with E-state index in [1.807, 2.05) is 24.3 Å². The van der Waals surface area contributed by atoms with Gasteiger partial charge in [-0.25, -0.2) is 0 Å². The molecule has 2 heterocycles. The summed E-state index contributed by atoms with van der Waals surface area (Å²) in [5.74, 6) is -0.113. The van der Waals surface area contributed by atoms with E-state index in [2.05, 4.69) is 27.9 Å². The van der Waals surface area contributed by atoms with Crippen LogP contribution in [-0.4, -0.2) is 29.3 Å². The minimum atomic E-state index is -0.447. The molecule has 0 saturated carbocycles. The third kappa shape index (κ3) is 3.16. The van der Waals surface area contributed by atoms with Crippen molar-refractivity contribution >= 4 is 40.1 Å². The minimum absolute atomic E-state index is 0.154. The average Bonchev–Trinajstić information content (AvgIpc) is 3.20. The zero-order valence-electron chi connectivity index (χ0n) is 11.8. The van der Waals surface area contributed by atoms with Crippen LogP contribution in [0.5, 0.6) is 0 Å². The maximum Gasteiger partial charge on any atom is 0.290 e. The molecule has 0 spiro atoms. The van der Waals surface area contributed by atoms with E-state index in [1.54, 1.807) is 17.0 Å². The lowest BCUT2D eigenvalue weighted by Gasteiger charge is -2.23. The van der Waals surface area contributed by atoms with Crippen LogP contribution in [0.4, 0.5) is 5.69 Å². The number of hydrogen-bond donors (Lipinski definition) is 1. The molecular formula is C16H15IN2O3. The number of hydrogen-bond acceptors (Lipinski definition) is 3. The lowest BCUT2D eigenvalue weighted by Crippen LogP contribution is -2.43. The zero-order chi connectivity index (χ0) is 15.5. The second-order valence-corrected chi connectivity index (χ2v) is 6.38. The van der Waals surface area contributed by atoms with E-state index >= 15 is 0 Å². The molecule has 5 nitrogen and oxygen atoms in total. The molecule has 1 fully saturated rings. The zero-order valence-corrected chi connectivity index (χ0v) is 13.9. The quantitative estimate of drug-likeness (QED) is 0.792. The molecular weight excluding hydrogens is 395 g/mol. The molecule has 1 aromatic carbocycles. The number of benzene rings is 1. The number of carbonyl (C=O) groups is 2. The highest BCUT2D eigenvalue weighted by Gasteiger charge is 2.35. The number of amides is 2. The van der Waals surface area contributed by atoms with E-state index in [1.165, 1.54) is 6.26 Å². The van der Waals surface area contributed by atoms with Gasteiger partial charge in [-0.15, -0.1) is 0 Å². The van der Waals surface area contributed by atoms with Crippen LogP contribution in [-0.2, 0) is 4.79 Å². The largest absolute Gasteiger partial charge is 0.459 e. The molecule has 3 rings (SSSR count). The van der Waals surface area contributed by atoms with Gasteiger partial charge in [-0.1, -0.05) is 0 Å². The molecule has 1 saturated heterocycles. The summed E-state index contributed by atoms with van der Waals surface area (Å²) in [5, 5.41) is 2.87. The van der Waals surface area contributed by atoms with Gasteiger partial charge in [-0.3, -0.25) is 9.59 Å². The Bertz CT molecular complexity index is 667. The molecule has 1 aliphatic heterocycles. The fraction of sp³-hybridized carbons (Fsp3) is 0.250. The van der Waals surface area contributed by atoms with Crippen molar-refractivity contribution < 1.29 is 14.0 Å². The maximum atomic E-state index is 12.4. The highest BCUT2D eigenvalue weighted by molar-refractivity contribution is 14.1. The Hall–Kier alpha value is -1.83. The van der Waals surface area contributed by atoms with Crippen LogP contribution in [0.1, 0.15) is 23.4 Å². The Morgan fingerprint density at radius 2 is 2.00 bits per heavy atom. The van der Waals surface area contributed by atoms with E-state index in [-0.39, 0.29) is 17.6 Å². The number of halogens is 1. The van der Waals surface area contributed by atoms with Crippen molar-refractivity contribution in [1.82, 2.24) is 4.90 Å². The van der Waals surface area contributed by atoms with Gasteiger partial charge in [0.15, 0.2) is 5.76 Å². The first-order valence-electron chi connectivity index (χ1n) is 7.06. The standard InChI is InChI=1S/C16H15IN2O3/c17-11-5-7-12(8-6-11)18-15(20)13-3-1-9-19(13)16(21)14-4-2-10-22-14/h2,4-8,10,13H,1,3,9H2,(H,18,20)/t13-/m1/s1. The summed E-state index contributed by atoms with van der Waals surface area (Å²) < 4.78 is 6.25. The van der Waals surface area contributed by atoms with Gasteiger partial charge in [0.1, 0.15) is 6.04 Å². The molecule has 1 aliphatic rings. The molecule has 1 aromatic heterocycles. The van der Waals surface area contributed by atoms with Crippen molar-refractivity contribution in [2.24, 2.45) is 0 Å². The molecule has 22 heavy (non-hydrogen) atoms. The fourth-order valence-electron chi connectivity index (χ4n) is 2.58. The molecule has 0 bridgehead atoms. The molecule has 6 heteroatoms. The molecule has 0 aliphatic carbocycles. The number of nitrogens with zero attached hydrogens (tertiary/aromatic N) is 1. The van der Waals surface area contributed by atoms with Crippen LogP contribution in [0.25, 0.3) is 0 Å². The number of carbonyl (C=O) groups excluding carboxylic acids is 2. The first-order chi connectivity index (χ1) is 10.6. The van der Waals surface area contributed by atoms with Crippen molar-refractivity contribution in [2.45, 2.75) is 18.9 Å². The second kappa shape index (κ2) is 6.51. The predicted molar refractivity (Wildman–Crippen MR) is 90.6 cm³/mol. The van der Waals surface area contributed by atoms with E-state index in [0.717, 1.165) is 15.7 Å². The Morgan fingerprint density at radius 3 is 2.68 bits per heavy atom. The van der Waals surface area contributed by atoms with Crippen LogP contribution in [0.3, 0.4) is 0 Å². The first-order valence-corrected chi connectivity index (χ1v) is 8.14. The summed E-state index contributed by atoms with van der Waals surface area (Å²) in [6, 6.07) is 10.4. The van der Waals surface area contributed by atoms with E-state index < -0.39 is 6.04 Å². The van der Waals surface area contributed by atoms with Gasteiger partial charge in [-0.05, 0) is 71.8 Å². The molecule has 2 amide bonds. The van der Waals surface area contributed by atoms with Crippen molar-refractivity contribution in [3.8, 4) is 0 Å². The summed E-state index contributed by atoms with van der Waals surface area (Å²) in [5.41, 5.74) is 0.739. The summed E-state index contributed by atoms with van der Waals surface area (Å²) in [6.45, 7) is 0.574. The third-order valence-electron chi connectivity index (χ3n) is 3.66. The number of furan rings is 1. The molecule has 2 aromatic rings. The van der Waals surface area contributed by atoms with Gasteiger partial charge in [0.05, 0.1) is 6.26 Å². The van der Waals surface area contributed by atoms with Crippen LogP contribution in [0, 0.1) is 3.57 Å². The van der Waals surface area contributed by atoms with E-state index in [9.17, 15) is 9.59 Å². The Labute approximate surface area is 141 Å². The minimum Gasteiger partial charge on any atom is -0.459 e. The normalized spacial score (nSPS) is 17.5. The molecule has 1 N–H and O–H groups in total. The topological polar surface area (TPSA) is 62.6 Å². The average molecular weight is 410 g/mol. The van der Waals surface area contributed by atoms with E-state index in [4.69, 9.17) is 4.42 Å². The van der Waals surface area contributed by atoms with Gasteiger partial charge < -0.3 is 14.6 Å². The molecule has 0 unspecified atom stereocenters. The summed E-state index contributed by atoms with van der Waals surface area (Å²) in [4.78, 5) is 26.4. The lowest BCUT2D eigenvalue weighted by atomic mass is 10.2. The Kier molecular flexibility index (Phi) is 4.47. The summed E-state index contributed by atoms with van der Waals surface area (Å²) in [6.07, 6.45) is 2.95. The lowest BCUT2D eigenvalue weighted by molar-refractivity contribution is -0.119. The molecule has 114 valence electrons. The number of nitrogens with one attached hydrogen (secondary N) is 1. The maximum absolute atomic E-state index is 12.4. The van der Waals surface area contributed by atoms with Gasteiger partial charge in [0.25, 0.3) is 5.91 Å². The monoisotopic (exact) mass is 410 g/mol. The number of likely N-dealkylation sites (tertiary alicyclic amines) is 1. The Morgan fingerprint density at radius 1 is 1.23 bits per heavy atom. The van der Waals surface area contributed by atoms with Crippen molar-refractivity contribution in [3.63, 3.8) is 0 Å². The number of anilines is 1. The fourth-order valence-corrected chi connectivity index (χ4v) is 2.94. The summed E-state index contributed by atoms with van der Waals surface area (Å²) in [7, 11) is 0. The third-order valence-corrected chi connectivity index (χ3v) is 4.38. The molecule has 1 atom stereocenters. The van der Waals surface area contributed by atoms with Gasteiger partial charge in [0, 0.05) is 15.8 Å².